The predicted octanol–water partition coefficient (Wildman–Crippen LogP) is 4.16. The van der Waals surface area contributed by atoms with Gasteiger partial charge in [-0.15, -0.1) is 11.3 Å². The number of amides is 1. The molecule has 1 aliphatic rings. The molecule has 1 heterocycles. The maximum Gasteiger partial charge on any atom is 0.256 e. The average molecular weight is 356 g/mol. The summed E-state index contributed by atoms with van der Waals surface area (Å²) in [5.74, 6) is 0.917. The Labute approximate surface area is 151 Å². The second kappa shape index (κ2) is 7.58. The van der Waals surface area contributed by atoms with Gasteiger partial charge in [-0.1, -0.05) is 0 Å². The topological polar surface area (TPSA) is 71.3 Å². The second-order valence-electron chi connectivity index (χ2n) is 5.65. The summed E-state index contributed by atoms with van der Waals surface area (Å²) in [6.07, 6.45) is 2.99. The maximum absolute atomic E-state index is 12.6. The zero-order chi connectivity index (χ0) is 17.8. The van der Waals surface area contributed by atoms with Gasteiger partial charge < -0.3 is 14.8 Å². The molecule has 0 saturated carbocycles. The minimum atomic E-state index is -0.250. The van der Waals surface area contributed by atoms with E-state index in [9.17, 15) is 10.1 Å². The second-order valence-corrected chi connectivity index (χ2v) is 6.76. The molecule has 1 N–H and O–H groups in total. The van der Waals surface area contributed by atoms with E-state index in [0.29, 0.717) is 40.8 Å². The molecule has 1 aromatic heterocycles. The molecule has 0 aliphatic heterocycles. The third-order valence-electron chi connectivity index (χ3n) is 4.07. The van der Waals surface area contributed by atoms with E-state index >= 15 is 0 Å². The summed E-state index contributed by atoms with van der Waals surface area (Å²) in [6, 6.07) is 7.36. The summed E-state index contributed by atoms with van der Waals surface area (Å²) in [6.45, 7) is 4.80. The standard InChI is InChI=1S/C19H20N2O3S/c1-3-23-15-9-8-12(10-16(15)24-4-2)18(22)21-19-14(11-20)13-6-5-7-17(13)25-19/h8-10H,3-7H2,1-2H3,(H,21,22). The van der Waals surface area contributed by atoms with E-state index in [0.717, 1.165) is 24.8 Å². The lowest BCUT2D eigenvalue weighted by atomic mass is 10.1. The largest absolute Gasteiger partial charge is 0.490 e. The van der Waals surface area contributed by atoms with Gasteiger partial charge in [-0.05, 0) is 56.9 Å². The van der Waals surface area contributed by atoms with Gasteiger partial charge in [0.1, 0.15) is 11.1 Å². The Morgan fingerprint density at radius 3 is 2.72 bits per heavy atom. The fourth-order valence-corrected chi connectivity index (χ4v) is 4.21. The Morgan fingerprint density at radius 2 is 2.00 bits per heavy atom. The highest BCUT2D eigenvalue weighted by Gasteiger charge is 2.23. The molecule has 3 rings (SSSR count). The molecule has 0 atom stereocenters. The number of nitriles is 1. The molecule has 6 heteroatoms. The molecule has 0 unspecified atom stereocenters. The Bertz CT molecular complexity index is 836. The normalized spacial score (nSPS) is 12.4. The molecule has 0 spiro atoms. The van der Waals surface area contributed by atoms with Gasteiger partial charge in [0.05, 0.1) is 18.8 Å². The molecule has 1 amide bonds. The number of benzene rings is 1. The van der Waals surface area contributed by atoms with Crippen LogP contribution in [0.2, 0.25) is 0 Å². The molecule has 1 aliphatic carbocycles. The highest BCUT2D eigenvalue weighted by molar-refractivity contribution is 7.16. The van der Waals surface area contributed by atoms with Gasteiger partial charge in [-0.25, -0.2) is 0 Å². The van der Waals surface area contributed by atoms with Crippen LogP contribution in [0.3, 0.4) is 0 Å². The van der Waals surface area contributed by atoms with Gasteiger partial charge in [0, 0.05) is 10.4 Å². The fraction of sp³-hybridized carbons (Fsp3) is 0.368. The van der Waals surface area contributed by atoms with E-state index in [1.165, 1.54) is 16.2 Å². The van der Waals surface area contributed by atoms with E-state index in [4.69, 9.17) is 9.47 Å². The number of fused-ring (bicyclic) bond motifs is 1. The molecule has 1 aromatic carbocycles. The van der Waals surface area contributed by atoms with Crippen molar-refractivity contribution in [3.05, 3.63) is 39.8 Å². The van der Waals surface area contributed by atoms with Crippen LogP contribution in [0.15, 0.2) is 18.2 Å². The van der Waals surface area contributed by atoms with Crippen LogP contribution in [0.5, 0.6) is 11.5 Å². The molecule has 0 radical (unpaired) electrons. The zero-order valence-corrected chi connectivity index (χ0v) is 15.2. The van der Waals surface area contributed by atoms with E-state index in [2.05, 4.69) is 11.4 Å². The van der Waals surface area contributed by atoms with Crippen LogP contribution in [-0.2, 0) is 12.8 Å². The van der Waals surface area contributed by atoms with Crippen molar-refractivity contribution in [3.8, 4) is 17.6 Å². The van der Waals surface area contributed by atoms with Gasteiger partial charge in [-0.2, -0.15) is 5.26 Å². The molecule has 5 nitrogen and oxygen atoms in total. The van der Waals surface area contributed by atoms with E-state index in [1.807, 2.05) is 13.8 Å². The monoisotopic (exact) mass is 356 g/mol. The Hall–Kier alpha value is -2.52. The van der Waals surface area contributed by atoms with Crippen LogP contribution >= 0.6 is 11.3 Å². The number of aryl methyl sites for hydroxylation is 1. The molecule has 25 heavy (non-hydrogen) atoms. The van der Waals surface area contributed by atoms with Crippen molar-refractivity contribution in [2.24, 2.45) is 0 Å². The number of carbonyl (C=O) groups is 1. The third-order valence-corrected chi connectivity index (χ3v) is 5.27. The van der Waals surface area contributed by atoms with Gasteiger partial charge in [-0.3, -0.25) is 4.79 Å². The van der Waals surface area contributed by atoms with Crippen molar-refractivity contribution in [2.75, 3.05) is 18.5 Å². The summed E-state index contributed by atoms with van der Waals surface area (Å²) in [7, 11) is 0. The zero-order valence-electron chi connectivity index (χ0n) is 14.3. The minimum Gasteiger partial charge on any atom is -0.490 e. The van der Waals surface area contributed by atoms with Crippen molar-refractivity contribution in [1.82, 2.24) is 0 Å². The van der Waals surface area contributed by atoms with Crippen molar-refractivity contribution in [3.63, 3.8) is 0 Å². The third kappa shape index (κ3) is 3.47. The highest BCUT2D eigenvalue weighted by Crippen LogP contribution is 2.39. The van der Waals surface area contributed by atoms with E-state index in [-0.39, 0.29) is 5.91 Å². The van der Waals surface area contributed by atoms with Crippen LogP contribution < -0.4 is 14.8 Å². The van der Waals surface area contributed by atoms with Crippen molar-refractivity contribution < 1.29 is 14.3 Å². The van der Waals surface area contributed by atoms with Crippen LogP contribution in [-0.4, -0.2) is 19.1 Å². The van der Waals surface area contributed by atoms with Crippen LogP contribution in [0.25, 0.3) is 0 Å². The first-order valence-corrected chi connectivity index (χ1v) is 9.25. The number of ether oxygens (including phenoxy) is 2. The SMILES string of the molecule is CCOc1ccc(C(=O)Nc2sc3c(c2C#N)CCC3)cc1OCC. The van der Waals surface area contributed by atoms with E-state index in [1.54, 1.807) is 18.2 Å². The molecule has 0 bridgehead atoms. The van der Waals surface area contributed by atoms with Gasteiger partial charge in [0.15, 0.2) is 11.5 Å². The lowest BCUT2D eigenvalue weighted by molar-refractivity contribution is 0.102. The lowest BCUT2D eigenvalue weighted by Gasteiger charge is -2.12. The number of rotatable bonds is 6. The number of nitrogens with zero attached hydrogens (tertiary/aromatic N) is 1. The van der Waals surface area contributed by atoms with Crippen LogP contribution in [0, 0.1) is 11.3 Å². The number of hydrogen-bond donors (Lipinski definition) is 1. The fourth-order valence-electron chi connectivity index (χ4n) is 2.98. The molecule has 0 saturated heterocycles. The average Bonchev–Trinajstić information content (AvgIpc) is 3.17. The summed E-state index contributed by atoms with van der Waals surface area (Å²) >= 11 is 1.51. The van der Waals surface area contributed by atoms with Crippen molar-refractivity contribution in [1.29, 1.82) is 5.26 Å². The van der Waals surface area contributed by atoms with Gasteiger partial charge in [0.2, 0.25) is 0 Å². The maximum atomic E-state index is 12.6. The quantitative estimate of drug-likeness (QED) is 0.844. The number of anilines is 1. The van der Waals surface area contributed by atoms with E-state index < -0.39 is 0 Å². The summed E-state index contributed by atoms with van der Waals surface area (Å²) in [5, 5.41) is 13.0. The lowest BCUT2D eigenvalue weighted by Crippen LogP contribution is -2.12. The molecule has 2 aromatic rings. The Morgan fingerprint density at radius 1 is 1.24 bits per heavy atom. The first-order valence-electron chi connectivity index (χ1n) is 8.43. The van der Waals surface area contributed by atoms with Crippen LogP contribution in [0.1, 0.15) is 46.6 Å². The van der Waals surface area contributed by atoms with Crippen molar-refractivity contribution >= 4 is 22.2 Å². The summed E-state index contributed by atoms with van der Waals surface area (Å²) in [5.41, 5.74) is 2.19. The number of carbonyl (C=O) groups excluding carboxylic acids is 1. The molecular formula is C19H20N2O3S. The number of thiophene rings is 1. The number of hydrogen-bond acceptors (Lipinski definition) is 5. The van der Waals surface area contributed by atoms with Gasteiger partial charge in [0.25, 0.3) is 5.91 Å². The summed E-state index contributed by atoms with van der Waals surface area (Å²) < 4.78 is 11.1. The van der Waals surface area contributed by atoms with Crippen molar-refractivity contribution in [2.45, 2.75) is 33.1 Å². The molecule has 0 fully saturated rings. The highest BCUT2D eigenvalue weighted by atomic mass is 32.1. The Kier molecular flexibility index (Phi) is 5.25. The smallest absolute Gasteiger partial charge is 0.256 e. The molecular weight excluding hydrogens is 336 g/mol. The predicted molar refractivity (Wildman–Crippen MR) is 97.8 cm³/mol. The van der Waals surface area contributed by atoms with Gasteiger partial charge >= 0.3 is 0 Å². The first kappa shape index (κ1) is 17.3. The number of nitrogens with one attached hydrogen (secondary N) is 1. The summed E-state index contributed by atoms with van der Waals surface area (Å²) in [4.78, 5) is 13.8. The first-order chi connectivity index (χ1) is 12.2. The van der Waals surface area contributed by atoms with Crippen LogP contribution in [0.4, 0.5) is 5.00 Å². The Balaban J connectivity index is 1.84. The minimum absolute atomic E-state index is 0.250. The molecule has 130 valence electrons.